The molecule has 9 nitrogen and oxygen atoms in total. The number of aromatic amines is 2. The Morgan fingerprint density at radius 2 is 1.05 bits per heavy atom. The lowest BCUT2D eigenvalue weighted by Gasteiger charge is -2.06. The van der Waals surface area contributed by atoms with Gasteiger partial charge in [0.25, 0.3) is 0 Å². The molecule has 180 valence electrons. The van der Waals surface area contributed by atoms with Crippen molar-refractivity contribution in [3.05, 3.63) is 91.8 Å². The zero-order valence-electron chi connectivity index (χ0n) is 19.9. The molecule has 0 atom stereocenters. The third-order valence-corrected chi connectivity index (χ3v) is 6.82. The maximum absolute atomic E-state index is 4.60. The minimum atomic E-state index is 0.647. The number of aromatic nitrogens is 7. The van der Waals surface area contributed by atoms with Crippen molar-refractivity contribution in [3.8, 4) is 11.1 Å². The molecule has 2 aliphatic heterocycles. The summed E-state index contributed by atoms with van der Waals surface area (Å²) in [6, 6.07) is 20.2. The largest absolute Gasteiger partial charge is 0.341 e. The van der Waals surface area contributed by atoms with Gasteiger partial charge in [-0.05, 0) is 24.3 Å². The first-order chi connectivity index (χ1) is 18.8. The highest BCUT2D eigenvalue weighted by atomic mass is 15.1. The van der Waals surface area contributed by atoms with Crippen LogP contribution in [0.1, 0.15) is 0 Å². The monoisotopic (exact) mass is 493 g/mol. The van der Waals surface area contributed by atoms with Gasteiger partial charge in [0.15, 0.2) is 0 Å². The molecule has 38 heavy (non-hydrogen) atoms. The lowest BCUT2D eigenvalue weighted by molar-refractivity contribution is 1.21. The van der Waals surface area contributed by atoms with Crippen molar-refractivity contribution in [3.63, 3.8) is 0 Å². The van der Waals surface area contributed by atoms with Crippen LogP contribution in [0.2, 0.25) is 0 Å². The Morgan fingerprint density at radius 3 is 1.58 bits per heavy atom. The molecule has 0 radical (unpaired) electrons. The van der Waals surface area contributed by atoms with E-state index in [1.165, 1.54) is 0 Å². The molecule has 2 aromatic carbocycles. The number of anilines is 4. The van der Waals surface area contributed by atoms with E-state index in [1.54, 1.807) is 18.7 Å². The van der Waals surface area contributed by atoms with Gasteiger partial charge in [-0.1, -0.05) is 36.4 Å². The predicted octanol–water partition coefficient (Wildman–Crippen LogP) is 6.52. The number of pyridine rings is 2. The average molecular weight is 494 g/mol. The van der Waals surface area contributed by atoms with E-state index >= 15 is 0 Å². The van der Waals surface area contributed by atoms with Crippen LogP contribution in [0.3, 0.4) is 0 Å². The Kier molecular flexibility index (Phi) is 4.32. The smallest absolute Gasteiger partial charge is 0.142 e. The summed E-state index contributed by atoms with van der Waals surface area (Å²) in [6.07, 6.45) is 8.88. The van der Waals surface area contributed by atoms with Crippen LogP contribution in [0.25, 0.3) is 54.7 Å². The fraction of sp³-hybridized carbons (Fsp3) is 0. The number of hydrogen-bond donors (Lipinski definition) is 4. The summed E-state index contributed by atoms with van der Waals surface area (Å²) in [4.78, 5) is 29.7. The highest BCUT2D eigenvalue weighted by molar-refractivity contribution is 6.06. The Balaban J connectivity index is 1.15. The normalized spacial score (nSPS) is 11.7. The van der Waals surface area contributed by atoms with Crippen molar-refractivity contribution in [1.82, 2.24) is 34.9 Å². The van der Waals surface area contributed by atoms with Gasteiger partial charge in [0.05, 0.1) is 22.1 Å². The Hall–Kier alpha value is -5.57. The second-order valence-corrected chi connectivity index (χ2v) is 9.13. The second-order valence-electron chi connectivity index (χ2n) is 9.13. The van der Waals surface area contributed by atoms with E-state index in [1.807, 2.05) is 60.9 Å². The standard InChI is InChI=1S/C29H19N9/c1-3-7-22-18(5-1)26-16(11-31-22)9-24(35-26)37-28-20-13-30-14-21(20)29(34-15-33-28)38-25-10-17-12-32-23-8-4-2-6-19(23)27(17)36-25/h1-15,35-36H,(H2,33,34,37,38). The van der Waals surface area contributed by atoms with Crippen molar-refractivity contribution in [1.29, 1.82) is 0 Å². The maximum atomic E-state index is 4.60. The van der Waals surface area contributed by atoms with Crippen molar-refractivity contribution in [2.75, 3.05) is 10.6 Å². The van der Waals surface area contributed by atoms with Crippen molar-refractivity contribution in [2.24, 2.45) is 0 Å². The fourth-order valence-corrected chi connectivity index (χ4v) is 5.04. The Bertz CT molecular complexity index is 1960. The number of nitrogens with zero attached hydrogens (tertiary/aromatic N) is 5. The van der Waals surface area contributed by atoms with Crippen LogP contribution in [-0.2, 0) is 0 Å². The van der Waals surface area contributed by atoms with Crippen LogP contribution in [0.5, 0.6) is 0 Å². The Morgan fingerprint density at radius 1 is 0.553 bits per heavy atom. The van der Waals surface area contributed by atoms with Crippen LogP contribution in [0.4, 0.5) is 23.3 Å². The van der Waals surface area contributed by atoms with Crippen LogP contribution in [0, 0.1) is 0 Å². The van der Waals surface area contributed by atoms with Gasteiger partial charge in [0.1, 0.15) is 29.6 Å². The highest BCUT2D eigenvalue weighted by Gasteiger charge is 2.17. The Labute approximate surface area is 215 Å². The molecule has 0 bridgehead atoms. The third-order valence-electron chi connectivity index (χ3n) is 6.82. The zero-order chi connectivity index (χ0) is 25.1. The van der Waals surface area contributed by atoms with Crippen LogP contribution >= 0.6 is 0 Å². The summed E-state index contributed by atoms with van der Waals surface area (Å²) in [5.41, 5.74) is 5.62. The number of rotatable bonds is 4. The minimum absolute atomic E-state index is 0.647. The highest BCUT2D eigenvalue weighted by Crippen LogP contribution is 2.36. The van der Waals surface area contributed by atoms with Gasteiger partial charge >= 0.3 is 0 Å². The van der Waals surface area contributed by atoms with Gasteiger partial charge < -0.3 is 20.6 Å². The molecular weight excluding hydrogens is 474 g/mol. The summed E-state index contributed by atoms with van der Waals surface area (Å²) in [5, 5.41) is 11.0. The van der Waals surface area contributed by atoms with Gasteiger partial charge in [-0.2, -0.15) is 0 Å². The number of benzene rings is 2. The molecule has 0 fully saturated rings. The molecule has 0 saturated carbocycles. The quantitative estimate of drug-likeness (QED) is 0.220. The number of fused-ring (bicyclic) bond motifs is 7. The second kappa shape index (κ2) is 7.97. The van der Waals surface area contributed by atoms with Gasteiger partial charge in [0.2, 0.25) is 0 Å². The predicted molar refractivity (Wildman–Crippen MR) is 150 cm³/mol. The third kappa shape index (κ3) is 3.22. The molecule has 2 aliphatic rings. The van der Waals surface area contributed by atoms with Crippen LogP contribution in [-0.4, -0.2) is 34.9 Å². The van der Waals surface area contributed by atoms with E-state index in [-0.39, 0.29) is 0 Å². The van der Waals surface area contributed by atoms with E-state index < -0.39 is 0 Å². The fourth-order valence-electron chi connectivity index (χ4n) is 5.04. The molecule has 8 rings (SSSR count). The van der Waals surface area contributed by atoms with Crippen LogP contribution < -0.4 is 10.6 Å². The summed E-state index contributed by atoms with van der Waals surface area (Å²) in [7, 11) is 0. The average Bonchev–Trinajstić information content (AvgIpc) is 3.68. The van der Waals surface area contributed by atoms with Gasteiger partial charge in [0, 0.05) is 57.5 Å². The molecule has 6 heterocycles. The first-order valence-electron chi connectivity index (χ1n) is 12.2. The summed E-state index contributed by atoms with van der Waals surface area (Å²) < 4.78 is 0. The van der Waals surface area contributed by atoms with E-state index in [9.17, 15) is 0 Å². The molecule has 0 saturated heterocycles. The molecule has 0 unspecified atom stereocenters. The molecular formula is C29H19N9. The van der Waals surface area contributed by atoms with Gasteiger partial charge in [-0.3, -0.25) is 15.0 Å². The number of para-hydroxylation sites is 2. The molecule has 9 heteroatoms. The van der Waals surface area contributed by atoms with Crippen LogP contribution in [0.15, 0.2) is 91.8 Å². The first kappa shape index (κ1) is 20.6. The molecule has 0 aliphatic carbocycles. The van der Waals surface area contributed by atoms with E-state index in [0.29, 0.717) is 11.6 Å². The van der Waals surface area contributed by atoms with E-state index in [2.05, 4.69) is 57.7 Å². The SMILES string of the molecule is c1ccc2c(c1)ncc1cc(Nc3ncnc(Nc4cc5cnc6ccccc6c5[nH]4)c4cncc3-4)[nH]c12. The number of nitrogens with one attached hydrogen (secondary N) is 4. The van der Waals surface area contributed by atoms with Crippen molar-refractivity contribution in [2.45, 2.75) is 0 Å². The summed E-state index contributed by atoms with van der Waals surface area (Å²) in [5.74, 6) is 2.91. The number of hydrogen-bond acceptors (Lipinski definition) is 7. The zero-order valence-corrected chi connectivity index (χ0v) is 19.9. The molecule has 0 spiro atoms. The van der Waals surface area contributed by atoms with Crippen molar-refractivity contribution >= 4 is 66.9 Å². The first-order valence-corrected chi connectivity index (χ1v) is 12.2. The summed E-state index contributed by atoms with van der Waals surface area (Å²) in [6.45, 7) is 0. The topological polar surface area (TPSA) is 120 Å². The van der Waals surface area contributed by atoms with E-state index in [4.69, 9.17) is 0 Å². The maximum Gasteiger partial charge on any atom is 0.142 e. The lowest BCUT2D eigenvalue weighted by atomic mass is 10.2. The molecule has 4 N–H and O–H groups in total. The minimum Gasteiger partial charge on any atom is -0.341 e. The molecule has 4 aromatic heterocycles. The van der Waals surface area contributed by atoms with E-state index in [0.717, 1.165) is 66.4 Å². The summed E-state index contributed by atoms with van der Waals surface area (Å²) >= 11 is 0. The number of H-pyrrole nitrogens is 2. The lowest BCUT2D eigenvalue weighted by Crippen LogP contribution is -1.95. The van der Waals surface area contributed by atoms with Crippen molar-refractivity contribution < 1.29 is 0 Å². The van der Waals surface area contributed by atoms with Gasteiger partial charge in [-0.15, -0.1) is 0 Å². The molecule has 0 amide bonds. The van der Waals surface area contributed by atoms with Gasteiger partial charge in [-0.25, -0.2) is 9.97 Å². The molecule has 6 aromatic rings.